The molecule has 0 aliphatic rings. The molecule has 0 radical (unpaired) electrons. The number of rotatable bonds is 3. The number of benzene rings is 1. The lowest BCUT2D eigenvalue weighted by Gasteiger charge is -2.09. The van der Waals surface area contributed by atoms with Crippen LogP contribution in [0.3, 0.4) is 0 Å². The zero-order chi connectivity index (χ0) is 15.1. The van der Waals surface area contributed by atoms with Crippen molar-refractivity contribution in [2.75, 3.05) is 12.0 Å². The second kappa shape index (κ2) is 5.21. The van der Waals surface area contributed by atoms with E-state index < -0.39 is 15.1 Å². The molecular weight excluding hydrogens is 342 g/mol. The Hall–Kier alpha value is -1.34. The van der Waals surface area contributed by atoms with Gasteiger partial charge in [-0.3, -0.25) is 4.68 Å². The molecule has 0 aliphatic heterocycles. The van der Waals surface area contributed by atoms with Crippen LogP contribution in [0.25, 0.3) is 11.1 Å². The van der Waals surface area contributed by atoms with Crippen LogP contribution in [0, 0.1) is 0 Å². The van der Waals surface area contributed by atoms with Crippen LogP contribution in [-0.4, -0.2) is 24.5 Å². The number of nitrogens with zero attached hydrogens (tertiary/aromatic N) is 2. The highest BCUT2D eigenvalue weighted by Gasteiger charge is 2.26. The van der Waals surface area contributed by atoms with E-state index in [2.05, 4.69) is 21.0 Å². The summed E-state index contributed by atoms with van der Waals surface area (Å²) in [5, 5.41) is 3.57. The molecule has 7 heteroatoms. The molecule has 20 heavy (non-hydrogen) atoms. The molecule has 0 amide bonds. The Morgan fingerprint density at radius 1 is 1.30 bits per heavy atom. The smallest absolute Gasteiger partial charge is 0.155 e. The fourth-order valence-electron chi connectivity index (χ4n) is 1.96. The van der Waals surface area contributed by atoms with Gasteiger partial charge in [-0.15, -0.1) is 0 Å². The van der Waals surface area contributed by atoms with Crippen molar-refractivity contribution in [1.82, 2.24) is 9.78 Å². The molecule has 0 saturated carbocycles. The van der Waals surface area contributed by atoms with Gasteiger partial charge in [-0.25, -0.2) is 8.42 Å². The molecule has 5 nitrogen and oxygen atoms in total. The molecular formula is C13H16BrN3O2S. The molecule has 2 aromatic rings. The number of sulfone groups is 1. The van der Waals surface area contributed by atoms with E-state index in [0.29, 0.717) is 17.1 Å². The van der Waals surface area contributed by atoms with E-state index >= 15 is 0 Å². The summed E-state index contributed by atoms with van der Waals surface area (Å²) in [5.41, 5.74) is 8.06. The first-order valence-electron chi connectivity index (χ1n) is 5.99. The average molecular weight is 358 g/mol. The third-order valence-electron chi connectivity index (χ3n) is 3.28. The van der Waals surface area contributed by atoms with Crippen molar-refractivity contribution in [2.24, 2.45) is 7.05 Å². The summed E-state index contributed by atoms with van der Waals surface area (Å²) in [7, 11) is -1.53. The molecule has 1 atom stereocenters. The largest absolute Gasteiger partial charge is 0.383 e. The van der Waals surface area contributed by atoms with Crippen LogP contribution in [0.2, 0.25) is 0 Å². The van der Waals surface area contributed by atoms with Crippen LogP contribution in [0.1, 0.15) is 17.9 Å². The van der Waals surface area contributed by atoms with E-state index in [1.807, 2.05) is 24.3 Å². The number of aromatic nitrogens is 2. The van der Waals surface area contributed by atoms with Gasteiger partial charge >= 0.3 is 0 Å². The molecule has 0 bridgehead atoms. The average Bonchev–Trinajstić information content (AvgIpc) is 2.65. The minimum absolute atomic E-state index is 0.456. The standard InChI is InChI=1S/C13H16BrN3O2S/c1-8(20(3,18)19)12-11(13(15)17(2)16-12)9-4-6-10(14)7-5-9/h4-8H,15H2,1-3H3. The van der Waals surface area contributed by atoms with Gasteiger partial charge in [0.1, 0.15) is 11.1 Å². The Morgan fingerprint density at radius 3 is 2.35 bits per heavy atom. The van der Waals surface area contributed by atoms with Gasteiger partial charge in [-0.2, -0.15) is 5.10 Å². The highest BCUT2D eigenvalue weighted by atomic mass is 79.9. The minimum Gasteiger partial charge on any atom is -0.383 e. The summed E-state index contributed by atoms with van der Waals surface area (Å²) in [4.78, 5) is 0. The molecule has 2 N–H and O–H groups in total. The van der Waals surface area contributed by atoms with Crippen molar-refractivity contribution >= 4 is 31.6 Å². The normalized spacial score (nSPS) is 13.4. The molecule has 0 saturated heterocycles. The first kappa shape index (κ1) is 15.1. The lowest BCUT2D eigenvalue weighted by Crippen LogP contribution is -2.09. The van der Waals surface area contributed by atoms with Gasteiger partial charge in [0.2, 0.25) is 0 Å². The second-order valence-electron chi connectivity index (χ2n) is 4.75. The summed E-state index contributed by atoms with van der Waals surface area (Å²) in [6.45, 7) is 1.62. The zero-order valence-corrected chi connectivity index (χ0v) is 13.9. The van der Waals surface area contributed by atoms with Crippen molar-refractivity contribution in [3.05, 3.63) is 34.4 Å². The maximum atomic E-state index is 11.8. The Balaban J connectivity index is 2.66. The summed E-state index contributed by atoms with van der Waals surface area (Å²) < 4.78 is 26.0. The summed E-state index contributed by atoms with van der Waals surface area (Å²) in [5.74, 6) is 0.456. The van der Waals surface area contributed by atoms with E-state index in [0.717, 1.165) is 10.0 Å². The van der Waals surface area contributed by atoms with Crippen molar-refractivity contribution in [3.8, 4) is 11.1 Å². The van der Waals surface area contributed by atoms with Crippen LogP contribution in [0.15, 0.2) is 28.7 Å². The van der Waals surface area contributed by atoms with Gasteiger partial charge in [0.25, 0.3) is 0 Å². The number of hydrogen-bond donors (Lipinski definition) is 1. The van der Waals surface area contributed by atoms with Crippen molar-refractivity contribution < 1.29 is 8.42 Å². The van der Waals surface area contributed by atoms with E-state index in [-0.39, 0.29) is 0 Å². The van der Waals surface area contributed by atoms with E-state index in [9.17, 15) is 8.42 Å². The SMILES string of the molecule is CC(c1nn(C)c(N)c1-c1ccc(Br)cc1)S(C)(=O)=O. The molecule has 1 heterocycles. The first-order chi connectivity index (χ1) is 9.21. The topological polar surface area (TPSA) is 78.0 Å². The van der Waals surface area contributed by atoms with E-state index in [1.165, 1.54) is 10.9 Å². The predicted molar refractivity (Wildman–Crippen MR) is 84.0 cm³/mol. The number of nitrogens with two attached hydrogens (primary N) is 1. The molecule has 1 unspecified atom stereocenters. The molecule has 1 aromatic heterocycles. The fraction of sp³-hybridized carbons (Fsp3) is 0.308. The molecule has 2 rings (SSSR count). The quantitative estimate of drug-likeness (QED) is 0.915. The minimum atomic E-state index is -3.24. The number of halogens is 1. The highest BCUT2D eigenvalue weighted by Crippen LogP contribution is 2.35. The molecule has 0 fully saturated rings. The van der Waals surface area contributed by atoms with Crippen LogP contribution in [-0.2, 0) is 16.9 Å². The van der Waals surface area contributed by atoms with Gasteiger partial charge in [0, 0.05) is 23.3 Å². The van der Waals surface area contributed by atoms with Crippen LogP contribution < -0.4 is 5.73 Å². The van der Waals surface area contributed by atoms with Gasteiger partial charge in [0.05, 0.1) is 5.69 Å². The predicted octanol–water partition coefficient (Wildman–Crippen LogP) is 2.54. The number of nitrogen functional groups attached to an aromatic ring is 1. The Bertz CT molecular complexity index is 736. The van der Waals surface area contributed by atoms with Gasteiger partial charge < -0.3 is 5.73 Å². The number of anilines is 1. The van der Waals surface area contributed by atoms with Gasteiger partial charge in [0.15, 0.2) is 9.84 Å². The summed E-state index contributed by atoms with van der Waals surface area (Å²) >= 11 is 3.37. The fourth-order valence-corrected chi connectivity index (χ4v) is 2.79. The Kier molecular flexibility index (Phi) is 3.93. The molecule has 1 aromatic carbocycles. The number of hydrogen-bond acceptors (Lipinski definition) is 4. The van der Waals surface area contributed by atoms with Crippen LogP contribution in [0.4, 0.5) is 5.82 Å². The second-order valence-corrected chi connectivity index (χ2v) is 8.03. The first-order valence-corrected chi connectivity index (χ1v) is 8.73. The highest BCUT2D eigenvalue weighted by molar-refractivity contribution is 9.10. The number of aryl methyl sites for hydroxylation is 1. The monoisotopic (exact) mass is 357 g/mol. The lowest BCUT2D eigenvalue weighted by molar-refractivity contribution is 0.589. The van der Waals surface area contributed by atoms with Crippen molar-refractivity contribution in [2.45, 2.75) is 12.2 Å². The maximum absolute atomic E-state index is 11.8. The van der Waals surface area contributed by atoms with Gasteiger partial charge in [-0.05, 0) is 24.6 Å². The van der Waals surface area contributed by atoms with Crippen molar-refractivity contribution in [1.29, 1.82) is 0 Å². The van der Waals surface area contributed by atoms with Crippen LogP contribution >= 0.6 is 15.9 Å². The molecule has 0 aliphatic carbocycles. The summed E-state index contributed by atoms with van der Waals surface area (Å²) in [6, 6.07) is 7.54. The van der Waals surface area contributed by atoms with E-state index in [4.69, 9.17) is 5.73 Å². The Labute approximate surface area is 126 Å². The van der Waals surface area contributed by atoms with Crippen molar-refractivity contribution in [3.63, 3.8) is 0 Å². The molecule has 108 valence electrons. The van der Waals surface area contributed by atoms with Gasteiger partial charge in [-0.1, -0.05) is 28.1 Å². The maximum Gasteiger partial charge on any atom is 0.155 e. The zero-order valence-electron chi connectivity index (χ0n) is 11.5. The van der Waals surface area contributed by atoms with Crippen LogP contribution in [0.5, 0.6) is 0 Å². The lowest BCUT2D eigenvalue weighted by atomic mass is 10.0. The third kappa shape index (κ3) is 2.73. The summed E-state index contributed by atoms with van der Waals surface area (Å²) in [6.07, 6.45) is 1.20. The van der Waals surface area contributed by atoms with E-state index in [1.54, 1.807) is 14.0 Å². The Morgan fingerprint density at radius 2 is 1.85 bits per heavy atom. The molecule has 0 spiro atoms. The third-order valence-corrected chi connectivity index (χ3v) is 5.32.